The van der Waals surface area contributed by atoms with Gasteiger partial charge >= 0.3 is 0 Å². The number of para-hydroxylation sites is 3. The molecule has 0 spiro atoms. The summed E-state index contributed by atoms with van der Waals surface area (Å²) in [7, 11) is 0. The summed E-state index contributed by atoms with van der Waals surface area (Å²) < 4.78 is 4.85. The van der Waals surface area contributed by atoms with Crippen molar-refractivity contribution in [2.75, 3.05) is 0 Å². The van der Waals surface area contributed by atoms with Gasteiger partial charge in [0.2, 0.25) is 0 Å². The maximum atomic E-state index is 5.11. The molecule has 0 radical (unpaired) electrons. The fraction of sp³-hybridized carbons (Fsp3) is 0. The van der Waals surface area contributed by atoms with E-state index in [0.717, 1.165) is 61.4 Å². The third-order valence-corrected chi connectivity index (χ3v) is 10.6. The molecule has 54 heavy (non-hydrogen) atoms. The molecule has 0 fully saturated rings. The zero-order valence-electron chi connectivity index (χ0n) is 29.1. The van der Waals surface area contributed by atoms with E-state index in [1.165, 1.54) is 32.4 Å². The number of rotatable bonds is 5. The van der Waals surface area contributed by atoms with Gasteiger partial charge in [0.25, 0.3) is 0 Å². The maximum Gasteiger partial charge on any atom is 0.160 e. The highest BCUT2D eigenvalue weighted by atomic mass is 15.0. The Labute approximate surface area is 311 Å². The van der Waals surface area contributed by atoms with Crippen LogP contribution in [0, 0.1) is 0 Å². The number of benzene rings is 7. The van der Waals surface area contributed by atoms with Gasteiger partial charge in [-0.15, -0.1) is 0 Å². The zero-order chi connectivity index (χ0) is 35.6. The van der Waals surface area contributed by atoms with Crippen molar-refractivity contribution < 1.29 is 0 Å². The lowest BCUT2D eigenvalue weighted by molar-refractivity contribution is 1.17. The van der Waals surface area contributed by atoms with Crippen molar-refractivity contribution in [3.8, 4) is 45.3 Å². The summed E-state index contributed by atoms with van der Waals surface area (Å²) in [6.45, 7) is 0. The normalized spacial score (nSPS) is 11.7. The molecule has 0 aliphatic carbocycles. The lowest BCUT2D eigenvalue weighted by atomic mass is 10.0. The number of aromatic nitrogens is 5. The van der Waals surface area contributed by atoms with Crippen LogP contribution in [0.3, 0.4) is 0 Å². The van der Waals surface area contributed by atoms with Gasteiger partial charge in [-0.1, -0.05) is 127 Å². The van der Waals surface area contributed by atoms with Crippen LogP contribution in [-0.4, -0.2) is 24.1 Å². The molecule has 0 bridgehead atoms. The molecule has 0 amide bonds. The SMILES string of the molecule is c1ccc(-c2cc(-c3ccc(-n4c5ccccc5c5c6ccncc6c6c(c7ccccc7n6-c6ccccc6)c54)cc3)nc(-c3ccccc3)n2)cc1. The fourth-order valence-corrected chi connectivity index (χ4v) is 8.25. The molecule has 0 atom stereocenters. The molecule has 4 heterocycles. The Morgan fingerprint density at radius 2 is 0.889 bits per heavy atom. The molecular formula is C49H31N5. The van der Waals surface area contributed by atoms with Gasteiger partial charge in [-0.2, -0.15) is 0 Å². The van der Waals surface area contributed by atoms with Crippen LogP contribution in [0.25, 0.3) is 99.7 Å². The van der Waals surface area contributed by atoms with Gasteiger partial charge in [0.05, 0.1) is 33.5 Å². The van der Waals surface area contributed by atoms with Crippen LogP contribution in [0.2, 0.25) is 0 Å². The van der Waals surface area contributed by atoms with Crippen LogP contribution in [0.1, 0.15) is 0 Å². The summed E-state index contributed by atoms with van der Waals surface area (Å²) in [4.78, 5) is 14.8. The summed E-state index contributed by atoms with van der Waals surface area (Å²) in [5.74, 6) is 0.706. The molecule has 0 aliphatic rings. The fourth-order valence-electron chi connectivity index (χ4n) is 8.25. The van der Waals surface area contributed by atoms with Gasteiger partial charge < -0.3 is 9.13 Å². The molecule has 252 valence electrons. The van der Waals surface area contributed by atoms with Crippen molar-refractivity contribution in [1.29, 1.82) is 0 Å². The summed E-state index contributed by atoms with van der Waals surface area (Å²) in [6, 6.07) is 61.8. The molecule has 0 saturated carbocycles. The molecule has 0 unspecified atom stereocenters. The first kappa shape index (κ1) is 30.3. The topological polar surface area (TPSA) is 48.5 Å². The second-order valence-corrected chi connectivity index (χ2v) is 13.7. The predicted octanol–water partition coefficient (Wildman–Crippen LogP) is 12.2. The van der Waals surface area contributed by atoms with Crippen LogP contribution in [0.5, 0.6) is 0 Å². The van der Waals surface area contributed by atoms with E-state index in [1.807, 2.05) is 48.8 Å². The summed E-state index contributed by atoms with van der Waals surface area (Å²) in [5, 5.41) is 7.16. The van der Waals surface area contributed by atoms with Crippen LogP contribution in [0.4, 0.5) is 0 Å². The Kier molecular flexibility index (Phi) is 6.79. The van der Waals surface area contributed by atoms with Crippen LogP contribution < -0.4 is 0 Å². The first-order valence-electron chi connectivity index (χ1n) is 18.2. The van der Waals surface area contributed by atoms with E-state index < -0.39 is 0 Å². The number of fused-ring (bicyclic) bond motifs is 10. The van der Waals surface area contributed by atoms with Crippen LogP contribution in [0.15, 0.2) is 188 Å². The van der Waals surface area contributed by atoms with Gasteiger partial charge in [-0.05, 0) is 53.9 Å². The Morgan fingerprint density at radius 3 is 1.56 bits per heavy atom. The van der Waals surface area contributed by atoms with Gasteiger partial charge in [0.15, 0.2) is 5.82 Å². The number of pyridine rings is 1. The first-order chi connectivity index (χ1) is 26.8. The molecule has 11 rings (SSSR count). The van der Waals surface area contributed by atoms with E-state index in [-0.39, 0.29) is 0 Å². The number of hydrogen-bond acceptors (Lipinski definition) is 3. The molecule has 7 aromatic carbocycles. The lowest BCUT2D eigenvalue weighted by Gasteiger charge is -2.13. The van der Waals surface area contributed by atoms with E-state index in [9.17, 15) is 0 Å². The van der Waals surface area contributed by atoms with Gasteiger partial charge in [-0.25, -0.2) is 9.97 Å². The molecule has 4 aromatic heterocycles. The highest BCUT2D eigenvalue weighted by Crippen LogP contribution is 2.46. The number of nitrogens with zero attached hydrogens (tertiary/aromatic N) is 5. The summed E-state index contributed by atoms with van der Waals surface area (Å²) >= 11 is 0. The lowest BCUT2D eigenvalue weighted by Crippen LogP contribution is -1.98. The molecule has 0 aliphatic heterocycles. The van der Waals surface area contributed by atoms with E-state index in [0.29, 0.717) is 5.82 Å². The van der Waals surface area contributed by atoms with Crippen molar-refractivity contribution in [2.24, 2.45) is 0 Å². The highest BCUT2D eigenvalue weighted by Gasteiger charge is 2.24. The molecule has 11 aromatic rings. The summed E-state index contributed by atoms with van der Waals surface area (Å²) in [6.07, 6.45) is 3.95. The van der Waals surface area contributed by atoms with Crippen molar-refractivity contribution in [2.45, 2.75) is 0 Å². The van der Waals surface area contributed by atoms with Crippen LogP contribution in [-0.2, 0) is 0 Å². The maximum absolute atomic E-state index is 5.11. The minimum Gasteiger partial charge on any atom is -0.309 e. The Hall–Kier alpha value is -7.37. The second kappa shape index (κ2) is 12.1. The molecule has 0 saturated heterocycles. The molecule has 5 nitrogen and oxygen atoms in total. The average molecular weight is 690 g/mol. The quantitative estimate of drug-likeness (QED) is 0.181. The Bertz CT molecular complexity index is 3120. The van der Waals surface area contributed by atoms with E-state index >= 15 is 0 Å². The van der Waals surface area contributed by atoms with Crippen molar-refractivity contribution in [3.05, 3.63) is 188 Å². The monoisotopic (exact) mass is 689 g/mol. The zero-order valence-corrected chi connectivity index (χ0v) is 29.1. The molecular weight excluding hydrogens is 659 g/mol. The van der Waals surface area contributed by atoms with E-state index in [4.69, 9.17) is 9.97 Å². The van der Waals surface area contributed by atoms with E-state index in [1.54, 1.807) is 0 Å². The third-order valence-electron chi connectivity index (χ3n) is 10.6. The van der Waals surface area contributed by atoms with Crippen molar-refractivity contribution >= 4 is 54.4 Å². The average Bonchev–Trinajstić information content (AvgIpc) is 3.79. The predicted molar refractivity (Wildman–Crippen MR) is 222 cm³/mol. The highest BCUT2D eigenvalue weighted by molar-refractivity contribution is 6.36. The number of hydrogen-bond donors (Lipinski definition) is 0. The Balaban J connectivity index is 1.19. The summed E-state index contributed by atoms with van der Waals surface area (Å²) in [5.41, 5.74) is 11.7. The first-order valence-corrected chi connectivity index (χ1v) is 18.2. The van der Waals surface area contributed by atoms with E-state index in [2.05, 4.69) is 154 Å². The standard InChI is InChI=1S/C49H31N5/c1-4-14-32(15-5-1)41-30-42(52-49(51-41)34-16-6-2-7-17-34)33-24-26-36(27-25-33)54-43-22-12-10-20-38(43)45-37-28-29-50-31-40(37)47-46(48(45)54)39-21-11-13-23-44(39)53(47)35-18-8-3-9-19-35/h1-31H. The second-order valence-electron chi connectivity index (χ2n) is 13.7. The minimum absolute atomic E-state index is 0.706. The third kappa shape index (κ3) is 4.62. The van der Waals surface area contributed by atoms with Crippen molar-refractivity contribution in [3.63, 3.8) is 0 Å². The largest absolute Gasteiger partial charge is 0.309 e. The van der Waals surface area contributed by atoms with Crippen molar-refractivity contribution in [1.82, 2.24) is 24.1 Å². The van der Waals surface area contributed by atoms with Gasteiger partial charge in [0, 0.05) is 67.4 Å². The van der Waals surface area contributed by atoms with Crippen LogP contribution >= 0.6 is 0 Å². The molecule has 5 heteroatoms. The minimum atomic E-state index is 0.706. The Morgan fingerprint density at radius 1 is 0.370 bits per heavy atom. The van der Waals surface area contributed by atoms with Gasteiger partial charge in [-0.3, -0.25) is 4.98 Å². The molecule has 0 N–H and O–H groups in total. The van der Waals surface area contributed by atoms with Gasteiger partial charge in [0.1, 0.15) is 0 Å². The smallest absolute Gasteiger partial charge is 0.160 e.